The lowest BCUT2D eigenvalue weighted by Gasteiger charge is -1.95. The number of oxazole rings is 1. The predicted molar refractivity (Wildman–Crippen MR) is 52.6 cm³/mol. The summed E-state index contributed by atoms with van der Waals surface area (Å²) < 4.78 is 5.88. The molecule has 0 aromatic carbocycles. The molecule has 5 heteroatoms. The fourth-order valence-electron chi connectivity index (χ4n) is 0.797. The van der Waals surface area contributed by atoms with Crippen LogP contribution in [0.4, 0.5) is 0 Å². The van der Waals surface area contributed by atoms with Gasteiger partial charge in [0, 0.05) is 0 Å². The predicted octanol–water partition coefficient (Wildman–Crippen LogP) is 2.98. The Labute approximate surface area is 87.7 Å². The molecule has 0 atom stereocenters. The highest BCUT2D eigenvalue weighted by Gasteiger charge is 2.02. The molecule has 2 rings (SSSR count). The summed E-state index contributed by atoms with van der Waals surface area (Å²) in [5, 5.41) is 1.46. The minimum Gasteiger partial charge on any atom is -0.440 e. The van der Waals surface area contributed by atoms with Crippen molar-refractivity contribution in [3.63, 3.8) is 0 Å². The topological polar surface area (TPSA) is 38.9 Å². The summed E-state index contributed by atoms with van der Waals surface area (Å²) in [6.45, 7) is 0. The Hall–Kier alpha value is -0.810. The number of pyridine rings is 1. The van der Waals surface area contributed by atoms with E-state index < -0.39 is 0 Å². The van der Waals surface area contributed by atoms with E-state index in [0.717, 1.165) is 9.63 Å². The smallest absolute Gasteiger partial charge is 0.261 e. The van der Waals surface area contributed by atoms with E-state index in [1.54, 1.807) is 12.5 Å². The minimum atomic E-state index is 0.602. The third-order valence-corrected chi connectivity index (χ3v) is 2.55. The Morgan fingerprint density at radius 3 is 3.00 bits per heavy atom. The normalized spacial score (nSPS) is 10.2. The van der Waals surface area contributed by atoms with Crippen molar-refractivity contribution in [2.45, 2.75) is 10.2 Å². The lowest BCUT2D eigenvalue weighted by atomic mass is 10.5. The lowest BCUT2D eigenvalue weighted by Crippen LogP contribution is -1.79. The van der Waals surface area contributed by atoms with Gasteiger partial charge < -0.3 is 4.42 Å². The van der Waals surface area contributed by atoms with E-state index in [1.807, 2.05) is 18.2 Å². The molecule has 2 aromatic rings. The van der Waals surface area contributed by atoms with Crippen molar-refractivity contribution in [3.05, 3.63) is 35.3 Å². The SMILES string of the molecule is Brc1cccc(Sc2ncco2)n1. The Bertz CT molecular complexity index is 391. The maximum absolute atomic E-state index is 5.07. The van der Waals surface area contributed by atoms with Crippen LogP contribution in [0.2, 0.25) is 0 Å². The molecule has 0 saturated heterocycles. The molecule has 0 radical (unpaired) electrons. The summed E-state index contributed by atoms with van der Waals surface area (Å²) in [5.41, 5.74) is 0. The fraction of sp³-hybridized carbons (Fsp3) is 0. The van der Waals surface area contributed by atoms with Crippen LogP contribution in [-0.4, -0.2) is 9.97 Å². The molecule has 0 aliphatic carbocycles. The molecule has 66 valence electrons. The first kappa shape index (κ1) is 8.77. The summed E-state index contributed by atoms with van der Waals surface area (Å²) in [5.74, 6) is 0. The molecule has 2 heterocycles. The molecular weight excluding hydrogens is 252 g/mol. The lowest BCUT2D eigenvalue weighted by molar-refractivity contribution is 0.454. The van der Waals surface area contributed by atoms with Crippen LogP contribution in [0.25, 0.3) is 0 Å². The zero-order valence-corrected chi connectivity index (χ0v) is 8.88. The molecule has 13 heavy (non-hydrogen) atoms. The second kappa shape index (κ2) is 3.93. The van der Waals surface area contributed by atoms with Crippen LogP contribution in [0.3, 0.4) is 0 Å². The van der Waals surface area contributed by atoms with Crippen LogP contribution in [-0.2, 0) is 0 Å². The zero-order valence-electron chi connectivity index (χ0n) is 6.48. The van der Waals surface area contributed by atoms with Crippen molar-refractivity contribution < 1.29 is 4.42 Å². The van der Waals surface area contributed by atoms with Gasteiger partial charge in [-0.3, -0.25) is 0 Å². The van der Waals surface area contributed by atoms with Crippen molar-refractivity contribution in [1.29, 1.82) is 0 Å². The molecule has 0 aliphatic heterocycles. The second-order valence-corrected chi connectivity index (χ2v) is 3.98. The van der Waals surface area contributed by atoms with Gasteiger partial charge in [0.1, 0.15) is 15.9 Å². The first-order valence-corrected chi connectivity index (χ1v) is 5.15. The number of halogens is 1. The second-order valence-electron chi connectivity index (χ2n) is 2.20. The van der Waals surface area contributed by atoms with Gasteiger partial charge in [-0.15, -0.1) is 0 Å². The summed E-state index contributed by atoms with van der Waals surface area (Å²) in [7, 11) is 0. The summed E-state index contributed by atoms with van der Waals surface area (Å²) >= 11 is 4.68. The van der Waals surface area contributed by atoms with Gasteiger partial charge in [0.2, 0.25) is 0 Å². The third kappa shape index (κ3) is 2.32. The average Bonchev–Trinajstić information content (AvgIpc) is 2.57. The molecule has 0 fully saturated rings. The van der Waals surface area contributed by atoms with E-state index in [2.05, 4.69) is 25.9 Å². The van der Waals surface area contributed by atoms with Crippen LogP contribution in [0.5, 0.6) is 0 Å². The average molecular weight is 257 g/mol. The minimum absolute atomic E-state index is 0.602. The van der Waals surface area contributed by atoms with Gasteiger partial charge in [-0.25, -0.2) is 9.97 Å². The van der Waals surface area contributed by atoms with Gasteiger partial charge in [-0.05, 0) is 39.8 Å². The molecule has 0 bridgehead atoms. The van der Waals surface area contributed by atoms with Gasteiger partial charge in [0.15, 0.2) is 0 Å². The first-order valence-electron chi connectivity index (χ1n) is 3.54. The Morgan fingerprint density at radius 2 is 2.31 bits per heavy atom. The van der Waals surface area contributed by atoms with E-state index >= 15 is 0 Å². The Kier molecular flexibility index (Phi) is 2.65. The van der Waals surface area contributed by atoms with Crippen LogP contribution in [0, 0.1) is 0 Å². The van der Waals surface area contributed by atoms with E-state index in [-0.39, 0.29) is 0 Å². The standard InChI is InChI=1S/C8H5BrN2OS/c9-6-2-1-3-7(11-6)13-8-10-4-5-12-8/h1-5H. The molecule has 2 aromatic heterocycles. The molecule has 0 aliphatic rings. The third-order valence-electron chi connectivity index (χ3n) is 1.29. The quantitative estimate of drug-likeness (QED) is 0.775. The number of hydrogen-bond donors (Lipinski definition) is 0. The maximum Gasteiger partial charge on any atom is 0.261 e. The van der Waals surface area contributed by atoms with Crippen LogP contribution in [0.1, 0.15) is 0 Å². The Balaban J connectivity index is 2.19. The molecule has 3 nitrogen and oxygen atoms in total. The molecular formula is C8H5BrN2OS. The summed E-state index contributed by atoms with van der Waals surface area (Å²) in [4.78, 5) is 8.21. The number of aromatic nitrogens is 2. The highest BCUT2D eigenvalue weighted by Crippen LogP contribution is 2.24. The van der Waals surface area contributed by atoms with Gasteiger partial charge in [0.05, 0.1) is 6.20 Å². The van der Waals surface area contributed by atoms with Crippen molar-refractivity contribution in [2.75, 3.05) is 0 Å². The van der Waals surface area contributed by atoms with E-state index in [0.29, 0.717) is 5.22 Å². The van der Waals surface area contributed by atoms with Gasteiger partial charge in [0.25, 0.3) is 5.22 Å². The largest absolute Gasteiger partial charge is 0.440 e. The first-order chi connectivity index (χ1) is 6.34. The van der Waals surface area contributed by atoms with Crippen molar-refractivity contribution in [3.8, 4) is 0 Å². The van der Waals surface area contributed by atoms with Gasteiger partial charge >= 0.3 is 0 Å². The number of nitrogens with zero attached hydrogens (tertiary/aromatic N) is 2. The molecule has 0 N–H and O–H groups in total. The maximum atomic E-state index is 5.07. The van der Waals surface area contributed by atoms with Crippen molar-refractivity contribution in [2.24, 2.45) is 0 Å². The van der Waals surface area contributed by atoms with Gasteiger partial charge in [-0.1, -0.05) is 6.07 Å². The highest BCUT2D eigenvalue weighted by molar-refractivity contribution is 9.10. The molecule has 0 spiro atoms. The van der Waals surface area contributed by atoms with E-state index in [9.17, 15) is 0 Å². The van der Waals surface area contributed by atoms with Crippen LogP contribution < -0.4 is 0 Å². The monoisotopic (exact) mass is 256 g/mol. The van der Waals surface area contributed by atoms with Crippen molar-refractivity contribution in [1.82, 2.24) is 9.97 Å². The van der Waals surface area contributed by atoms with Crippen molar-refractivity contribution >= 4 is 27.7 Å². The van der Waals surface area contributed by atoms with Gasteiger partial charge in [-0.2, -0.15) is 0 Å². The number of rotatable bonds is 2. The zero-order chi connectivity index (χ0) is 9.10. The van der Waals surface area contributed by atoms with E-state index in [1.165, 1.54) is 11.8 Å². The van der Waals surface area contributed by atoms with Crippen LogP contribution >= 0.6 is 27.7 Å². The van der Waals surface area contributed by atoms with E-state index in [4.69, 9.17) is 4.42 Å². The molecule has 0 saturated carbocycles. The highest BCUT2D eigenvalue weighted by atomic mass is 79.9. The molecule has 0 unspecified atom stereocenters. The Morgan fingerprint density at radius 1 is 1.38 bits per heavy atom. The summed E-state index contributed by atoms with van der Waals surface area (Å²) in [6, 6.07) is 5.70. The number of hydrogen-bond acceptors (Lipinski definition) is 4. The fourth-order valence-corrected chi connectivity index (χ4v) is 1.94. The summed E-state index contributed by atoms with van der Waals surface area (Å²) in [6.07, 6.45) is 3.15. The van der Waals surface area contributed by atoms with Crippen LogP contribution in [0.15, 0.2) is 49.9 Å². The molecule has 0 amide bonds.